The van der Waals surface area contributed by atoms with Gasteiger partial charge in [0.05, 0.1) is 5.69 Å². The lowest BCUT2D eigenvalue weighted by Crippen LogP contribution is -2.36. The minimum Gasteiger partial charge on any atom is -0.396 e. The normalized spacial score (nSPS) is 21.2. The van der Waals surface area contributed by atoms with Crippen LogP contribution in [0.3, 0.4) is 0 Å². The zero-order valence-electron chi connectivity index (χ0n) is 12.2. The summed E-state index contributed by atoms with van der Waals surface area (Å²) in [6.07, 6.45) is 3.49. The zero-order chi connectivity index (χ0) is 14.0. The van der Waals surface area contributed by atoms with Crippen LogP contribution in [0.25, 0.3) is 0 Å². The molecule has 1 aromatic heterocycles. The Labute approximate surface area is 115 Å². The minimum atomic E-state index is 0.305. The molecule has 1 aliphatic heterocycles. The van der Waals surface area contributed by atoms with Gasteiger partial charge in [-0.1, -0.05) is 13.8 Å². The van der Waals surface area contributed by atoms with E-state index in [0.717, 1.165) is 31.0 Å². The van der Waals surface area contributed by atoms with Crippen LogP contribution in [0.1, 0.15) is 51.8 Å². The molecule has 4 heteroatoms. The van der Waals surface area contributed by atoms with Gasteiger partial charge in [0.1, 0.15) is 17.6 Å². The lowest BCUT2D eigenvalue weighted by molar-refractivity contribution is 0.432. The van der Waals surface area contributed by atoms with Crippen LogP contribution in [0.15, 0.2) is 6.07 Å². The van der Waals surface area contributed by atoms with Crippen molar-refractivity contribution in [2.75, 3.05) is 23.7 Å². The van der Waals surface area contributed by atoms with Crippen molar-refractivity contribution in [1.29, 1.82) is 5.26 Å². The zero-order valence-corrected chi connectivity index (χ0v) is 12.2. The Bertz CT molecular complexity index is 483. The molecule has 1 fully saturated rings. The van der Waals surface area contributed by atoms with Gasteiger partial charge in [-0.2, -0.15) is 5.26 Å². The smallest absolute Gasteiger partial charge is 0.133 e. The molecular weight excluding hydrogens is 236 g/mol. The summed E-state index contributed by atoms with van der Waals surface area (Å²) in [4.78, 5) is 2.36. The van der Waals surface area contributed by atoms with Crippen molar-refractivity contribution in [2.45, 2.75) is 46.1 Å². The number of anilines is 2. The van der Waals surface area contributed by atoms with Crippen molar-refractivity contribution in [3.63, 3.8) is 0 Å². The van der Waals surface area contributed by atoms with Gasteiger partial charge in [0, 0.05) is 19.1 Å². The third-order valence-electron chi connectivity index (χ3n) is 4.14. The Kier molecular flexibility index (Phi) is 4.04. The summed E-state index contributed by atoms with van der Waals surface area (Å²) in [7, 11) is 0. The molecule has 2 heterocycles. The molecule has 0 bridgehead atoms. The molecule has 0 aliphatic carbocycles. The molecule has 1 aliphatic rings. The number of rotatable bonds is 3. The molecule has 2 rings (SSSR count). The molecule has 0 saturated carbocycles. The first kappa shape index (κ1) is 13.8. The number of nitrogens with two attached hydrogens (primary N) is 1. The van der Waals surface area contributed by atoms with E-state index in [2.05, 4.69) is 36.3 Å². The molecule has 4 nitrogen and oxygen atoms in total. The lowest BCUT2D eigenvalue weighted by atomic mass is 10.0. The van der Waals surface area contributed by atoms with Gasteiger partial charge < -0.3 is 15.2 Å². The predicted octanol–water partition coefficient (Wildman–Crippen LogP) is 3.15. The highest BCUT2D eigenvalue weighted by atomic mass is 15.3. The molecule has 2 atom stereocenters. The SMILES string of the molecule is CC[C@@H](C)n1c(C#N)cc(N)c1N1CCC[C@@H](C)C1. The molecule has 1 aromatic rings. The second-order valence-corrected chi connectivity index (χ2v) is 5.74. The van der Waals surface area contributed by atoms with E-state index in [4.69, 9.17) is 5.73 Å². The number of hydrogen-bond donors (Lipinski definition) is 1. The summed E-state index contributed by atoms with van der Waals surface area (Å²) in [6.45, 7) is 8.65. The molecule has 0 spiro atoms. The average Bonchev–Trinajstić information content (AvgIpc) is 2.74. The molecule has 0 unspecified atom stereocenters. The highest BCUT2D eigenvalue weighted by Crippen LogP contribution is 2.34. The van der Waals surface area contributed by atoms with Crippen LogP contribution >= 0.6 is 0 Å². The predicted molar refractivity (Wildman–Crippen MR) is 79.2 cm³/mol. The highest BCUT2D eigenvalue weighted by Gasteiger charge is 2.25. The van der Waals surface area contributed by atoms with E-state index in [1.165, 1.54) is 12.8 Å². The standard InChI is InChI=1S/C15H24N4/c1-4-12(3)19-13(9-16)8-14(17)15(19)18-7-5-6-11(2)10-18/h8,11-12H,4-7,10,17H2,1-3H3/t11-,12-/m1/s1. The van der Waals surface area contributed by atoms with Crippen LogP contribution in [0.4, 0.5) is 11.5 Å². The van der Waals surface area contributed by atoms with Crippen molar-refractivity contribution >= 4 is 11.5 Å². The maximum absolute atomic E-state index is 9.31. The maximum Gasteiger partial charge on any atom is 0.133 e. The van der Waals surface area contributed by atoms with Crippen molar-refractivity contribution < 1.29 is 0 Å². The average molecular weight is 260 g/mol. The number of nitrogen functional groups attached to an aromatic ring is 1. The van der Waals surface area contributed by atoms with Gasteiger partial charge in [-0.25, -0.2) is 0 Å². The van der Waals surface area contributed by atoms with Crippen molar-refractivity contribution in [1.82, 2.24) is 4.57 Å². The third-order valence-corrected chi connectivity index (χ3v) is 4.14. The van der Waals surface area contributed by atoms with E-state index in [0.29, 0.717) is 17.7 Å². The van der Waals surface area contributed by atoms with Crippen molar-refractivity contribution in [2.24, 2.45) is 5.92 Å². The first-order valence-corrected chi connectivity index (χ1v) is 7.24. The Morgan fingerprint density at radius 2 is 2.32 bits per heavy atom. The van der Waals surface area contributed by atoms with Crippen LogP contribution in [0, 0.1) is 17.2 Å². The summed E-state index contributed by atoms with van der Waals surface area (Å²) in [5.41, 5.74) is 7.60. The summed E-state index contributed by atoms with van der Waals surface area (Å²) in [5, 5.41) is 9.31. The largest absolute Gasteiger partial charge is 0.396 e. The third kappa shape index (κ3) is 2.56. The van der Waals surface area contributed by atoms with Crippen LogP contribution < -0.4 is 10.6 Å². The maximum atomic E-state index is 9.31. The Morgan fingerprint density at radius 1 is 1.58 bits per heavy atom. The molecule has 2 N–H and O–H groups in total. The Hall–Kier alpha value is -1.63. The lowest BCUT2D eigenvalue weighted by Gasteiger charge is -2.35. The number of nitriles is 1. The van der Waals surface area contributed by atoms with Crippen molar-refractivity contribution in [3.05, 3.63) is 11.8 Å². The molecule has 0 amide bonds. The highest BCUT2D eigenvalue weighted by molar-refractivity contribution is 5.68. The molecule has 19 heavy (non-hydrogen) atoms. The minimum absolute atomic E-state index is 0.305. The fraction of sp³-hybridized carbons (Fsp3) is 0.667. The first-order chi connectivity index (χ1) is 9.08. The van der Waals surface area contributed by atoms with E-state index in [1.807, 2.05) is 6.07 Å². The van der Waals surface area contributed by atoms with E-state index >= 15 is 0 Å². The van der Waals surface area contributed by atoms with Gasteiger partial charge >= 0.3 is 0 Å². The second-order valence-electron chi connectivity index (χ2n) is 5.74. The first-order valence-electron chi connectivity index (χ1n) is 7.24. The molecule has 104 valence electrons. The van der Waals surface area contributed by atoms with Crippen LogP contribution in [0.5, 0.6) is 0 Å². The van der Waals surface area contributed by atoms with Gasteiger partial charge in [-0.3, -0.25) is 0 Å². The monoisotopic (exact) mass is 260 g/mol. The number of aromatic nitrogens is 1. The van der Waals surface area contributed by atoms with Gasteiger partial charge in [0.2, 0.25) is 0 Å². The second kappa shape index (κ2) is 5.56. The molecule has 1 saturated heterocycles. The molecule has 0 aromatic carbocycles. The molecule has 0 radical (unpaired) electrons. The summed E-state index contributed by atoms with van der Waals surface area (Å²) in [5.74, 6) is 1.75. The van der Waals surface area contributed by atoms with Gasteiger partial charge in [-0.05, 0) is 38.2 Å². The molecular formula is C15H24N4. The summed E-state index contributed by atoms with van der Waals surface area (Å²) >= 11 is 0. The fourth-order valence-corrected chi connectivity index (χ4v) is 2.97. The van der Waals surface area contributed by atoms with E-state index < -0.39 is 0 Å². The van der Waals surface area contributed by atoms with Crippen molar-refractivity contribution in [3.8, 4) is 6.07 Å². The van der Waals surface area contributed by atoms with Gasteiger partial charge in [-0.15, -0.1) is 0 Å². The van der Waals surface area contributed by atoms with E-state index in [1.54, 1.807) is 0 Å². The summed E-state index contributed by atoms with van der Waals surface area (Å²) in [6, 6.07) is 4.40. The number of piperidine rings is 1. The van der Waals surface area contributed by atoms with Gasteiger partial charge in [0.15, 0.2) is 0 Å². The Morgan fingerprint density at radius 3 is 2.89 bits per heavy atom. The van der Waals surface area contributed by atoms with Crippen LogP contribution in [0.2, 0.25) is 0 Å². The number of nitrogens with zero attached hydrogens (tertiary/aromatic N) is 3. The van der Waals surface area contributed by atoms with E-state index in [9.17, 15) is 5.26 Å². The fourth-order valence-electron chi connectivity index (χ4n) is 2.97. The van der Waals surface area contributed by atoms with Crippen LogP contribution in [-0.2, 0) is 0 Å². The van der Waals surface area contributed by atoms with E-state index in [-0.39, 0.29) is 0 Å². The van der Waals surface area contributed by atoms with Crippen LogP contribution in [-0.4, -0.2) is 17.7 Å². The van der Waals surface area contributed by atoms with Gasteiger partial charge in [0.25, 0.3) is 0 Å². The number of hydrogen-bond acceptors (Lipinski definition) is 3. The quantitative estimate of drug-likeness (QED) is 0.908. The summed E-state index contributed by atoms with van der Waals surface area (Å²) < 4.78 is 2.12. The topological polar surface area (TPSA) is 58.0 Å². The Balaban J connectivity index is 2.43.